The molecular formula is C35H61NSi3. The van der Waals surface area contributed by atoms with Crippen LogP contribution in [-0.4, -0.2) is 30.1 Å². The minimum absolute atomic E-state index is 0.731. The Kier molecular flexibility index (Phi) is 10.6. The summed E-state index contributed by atoms with van der Waals surface area (Å²) in [6, 6.07) is 18.3. The average molecular weight is 580 g/mol. The van der Waals surface area contributed by atoms with Gasteiger partial charge >= 0.3 is 0 Å². The van der Waals surface area contributed by atoms with Crippen molar-refractivity contribution < 1.29 is 0 Å². The molecule has 39 heavy (non-hydrogen) atoms. The lowest BCUT2D eigenvalue weighted by Gasteiger charge is -2.41. The molecule has 2 aromatic carbocycles. The molecule has 1 nitrogen and oxygen atoms in total. The van der Waals surface area contributed by atoms with E-state index in [4.69, 9.17) is 0 Å². The average Bonchev–Trinajstić information content (AvgIpc) is 3.12. The van der Waals surface area contributed by atoms with E-state index in [1.807, 2.05) is 0 Å². The SMILES string of the molecule is CC(C)C[SiH](C(C)C)n1c2cc([SiH](C(C)C)C(C)C)ccc2c2ccc([Si](CC(C)C)(C(C)C)C(C)C)cc21. The summed E-state index contributed by atoms with van der Waals surface area (Å²) in [4.78, 5) is 0. The Bertz CT molecular complexity index is 1220. The van der Waals surface area contributed by atoms with Crippen LogP contribution in [0.1, 0.15) is 96.9 Å². The Hall–Kier alpha value is -1.11. The molecule has 1 aromatic heterocycles. The molecule has 0 radical (unpaired) electrons. The Morgan fingerprint density at radius 2 is 1.13 bits per heavy atom. The van der Waals surface area contributed by atoms with Crippen molar-refractivity contribution >= 4 is 58.0 Å². The van der Waals surface area contributed by atoms with Crippen molar-refractivity contribution in [3.63, 3.8) is 0 Å². The van der Waals surface area contributed by atoms with Crippen molar-refractivity contribution in [2.75, 3.05) is 0 Å². The van der Waals surface area contributed by atoms with Crippen LogP contribution >= 0.6 is 0 Å². The second-order valence-corrected chi connectivity index (χ2v) is 28.5. The number of fused-ring (bicyclic) bond motifs is 3. The van der Waals surface area contributed by atoms with Gasteiger partial charge < -0.3 is 4.23 Å². The Labute approximate surface area is 246 Å². The Morgan fingerprint density at radius 1 is 0.615 bits per heavy atom. The third-order valence-electron chi connectivity index (χ3n) is 9.81. The maximum absolute atomic E-state index is 2.96. The lowest BCUT2D eigenvalue weighted by molar-refractivity contribution is 0.697. The molecule has 0 N–H and O–H groups in total. The van der Waals surface area contributed by atoms with Crippen molar-refractivity contribution in [1.29, 1.82) is 0 Å². The first-order valence-electron chi connectivity index (χ1n) is 16.2. The Balaban J connectivity index is 2.46. The van der Waals surface area contributed by atoms with E-state index in [1.54, 1.807) is 21.4 Å². The molecule has 1 heterocycles. The van der Waals surface area contributed by atoms with Crippen LogP contribution in [0.4, 0.5) is 0 Å². The molecule has 0 saturated heterocycles. The van der Waals surface area contributed by atoms with Gasteiger partial charge in [-0.05, 0) is 57.7 Å². The molecule has 1 unspecified atom stereocenters. The van der Waals surface area contributed by atoms with Gasteiger partial charge in [0.05, 0.1) is 16.9 Å². The van der Waals surface area contributed by atoms with Gasteiger partial charge in [0, 0.05) is 21.8 Å². The van der Waals surface area contributed by atoms with Gasteiger partial charge in [-0.3, -0.25) is 0 Å². The molecule has 0 aliphatic rings. The minimum atomic E-state index is -1.72. The predicted octanol–water partition coefficient (Wildman–Crippen LogP) is 9.82. The molecule has 0 amide bonds. The van der Waals surface area contributed by atoms with Gasteiger partial charge in [0.2, 0.25) is 0 Å². The van der Waals surface area contributed by atoms with E-state index >= 15 is 0 Å². The Morgan fingerprint density at radius 3 is 1.56 bits per heavy atom. The van der Waals surface area contributed by atoms with Crippen LogP contribution < -0.4 is 10.4 Å². The highest BCUT2D eigenvalue weighted by Gasteiger charge is 2.42. The van der Waals surface area contributed by atoms with Gasteiger partial charge in [-0.2, -0.15) is 0 Å². The van der Waals surface area contributed by atoms with Crippen molar-refractivity contribution in [2.45, 2.75) is 137 Å². The zero-order valence-corrected chi connectivity index (χ0v) is 31.3. The van der Waals surface area contributed by atoms with Crippen LogP contribution in [0.2, 0.25) is 39.8 Å². The molecule has 0 aliphatic heterocycles. The summed E-state index contributed by atoms with van der Waals surface area (Å²) in [5.74, 6) is 1.47. The third kappa shape index (κ3) is 6.38. The van der Waals surface area contributed by atoms with Crippen molar-refractivity contribution in [3.05, 3.63) is 36.4 Å². The number of aromatic nitrogens is 1. The summed E-state index contributed by atoms with van der Waals surface area (Å²) in [5, 5.41) is 6.36. The van der Waals surface area contributed by atoms with Gasteiger partial charge in [-0.25, -0.2) is 0 Å². The van der Waals surface area contributed by atoms with E-state index in [9.17, 15) is 0 Å². The lowest BCUT2D eigenvalue weighted by atomic mass is 10.1. The predicted molar refractivity (Wildman–Crippen MR) is 189 cm³/mol. The number of benzene rings is 2. The molecule has 3 rings (SSSR count). The molecule has 0 spiro atoms. The van der Waals surface area contributed by atoms with Crippen LogP contribution in [0, 0.1) is 11.8 Å². The molecule has 218 valence electrons. The fourth-order valence-electron chi connectivity index (χ4n) is 8.21. The topological polar surface area (TPSA) is 4.93 Å². The molecular weight excluding hydrogens is 519 g/mol. The smallest absolute Gasteiger partial charge is 0.149 e. The molecule has 0 aliphatic carbocycles. The zero-order chi connectivity index (χ0) is 29.4. The maximum atomic E-state index is 2.96. The molecule has 3 aromatic rings. The standard InChI is InChI=1S/C35H61NSi3/c1-23(2)21-37(25(5)6)36-34-19-30(38(26(7)8)27(9)10)15-17-32(34)33-18-16-31(20-35(33)36)39(28(11)12,29(13)14)22-24(3)4/h15-20,23-29,37-38H,21-22H2,1-14H3. The van der Waals surface area contributed by atoms with Crippen molar-refractivity contribution in [2.24, 2.45) is 11.8 Å². The molecule has 1 atom stereocenters. The largest absolute Gasteiger partial charge is 0.370 e. The van der Waals surface area contributed by atoms with Gasteiger partial charge in [-0.1, -0.05) is 138 Å². The van der Waals surface area contributed by atoms with Gasteiger partial charge in [0.25, 0.3) is 0 Å². The van der Waals surface area contributed by atoms with E-state index in [0.29, 0.717) is 0 Å². The van der Waals surface area contributed by atoms with Crippen LogP contribution in [0.25, 0.3) is 21.8 Å². The van der Waals surface area contributed by atoms with Gasteiger partial charge in [0.15, 0.2) is 0 Å². The molecule has 4 heteroatoms. The van der Waals surface area contributed by atoms with Crippen LogP contribution in [0.15, 0.2) is 36.4 Å². The van der Waals surface area contributed by atoms with E-state index in [0.717, 1.165) is 39.5 Å². The fourth-order valence-corrected chi connectivity index (χ4v) is 21.4. The van der Waals surface area contributed by atoms with E-state index in [2.05, 4.69) is 138 Å². The van der Waals surface area contributed by atoms with Crippen LogP contribution in [0.5, 0.6) is 0 Å². The summed E-state index contributed by atoms with van der Waals surface area (Å²) in [6.07, 6.45) is 0. The number of hydrogen-bond acceptors (Lipinski definition) is 0. The number of nitrogens with zero attached hydrogens (tertiary/aromatic N) is 1. The second-order valence-electron chi connectivity index (χ2n) is 15.3. The summed E-state index contributed by atoms with van der Waals surface area (Å²) >= 11 is 0. The third-order valence-corrected chi connectivity index (χ3v) is 25.0. The van der Waals surface area contributed by atoms with E-state index < -0.39 is 25.8 Å². The molecule has 0 bridgehead atoms. The highest BCUT2D eigenvalue weighted by molar-refractivity contribution is 6.94. The minimum Gasteiger partial charge on any atom is -0.370 e. The second kappa shape index (κ2) is 12.8. The van der Waals surface area contributed by atoms with Crippen molar-refractivity contribution in [1.82, 2.24) is 4.23 Å². The summed E-state index contributed by atoms with van der Waals surface area (Å²) in [7, 11) is -4.07. The van der Waals surface area contributed by atoms with Gasteiger partial charge in [0.1, 0.15) is 8.96 Å². The highest BCUT2D eigenvalue weighted by atomic mass is 28.3. The van der Waals surface area contributed by atoms with Crippen LogP contribution in [-0.2, 0) is 0 Å². The normalized spacial score (nSPS) is 14.3. The lowest BCUT2D eigenvalue weighted by Crippen LogP contribution is -2.53. The van der Waals surface area contributed by atoms with Crippen molar-refractivity contribution in [3.8, 4) is 0 Å². The molecule has 0 fully saturated rings. The quantitative estimate of drug-likeness (QED) is 0.188. The summed E-state index contributed by atoms with van der Waals surface area (Å²) < 4.78 is 2.96. The van der Waals surface area contributed by atoms with Crippen LogP contribution in [0.3, 0.4) is 0 Å². The first-order valence-corrected chi connectivity index (χ1v) is 22.5. The highest BCUT2D eigenvalue weighted by Crippen LogP contribution is 2.40. The number of hydrogen-bond donors (Lipinski definition) is 0. The molecule has 0 saturated carbocycles. The summed E-state index contributed by atoms with van der Waals surface area (Å²) in [5.41, 5.74) is 6.86. The van der Waals surface area contributed by atoms with Gasteiger partial charge in [-0.15, -0.1) is 0 Å². The first kappa shape index (κ1) is 32.4. The van der Waals surface area contributed by atoms with E-state index in [-0.39, 0.29) is 0 Å². The first-order chi connectivity index (χ1) is 18.1. The fraction of sp³-hybridized carbons (Fsp3) is 0.657. The monoisotopic (exact) mass is 579 g/mol. The summed E-state index contributed by atoms with van der Waals surface area (Å²) in [6.45, 7) is 34.7. The number of rotatable bonds is 12. The maximum Gasteiger partial charge on any atom is 0.149 e. The zero-order valence-electron chi connectivity index (χ0n) is 28.0. The van der Waals surface area contributed by atoms with E-state index in [1.165, 1.54) is 22.9 Å².